The van der Waals surface area contributed by atoms with Crippen molar-refractivity contribution in [2.75, 3.05) is 11.5 Å². The molecule has 0 bridgehead atoms. The molecule has 3 heterocycles. The molecule has 1 aromatic carbocycles. The molecule has 56 heavy (non-hydrogen) atoms. The first-order chi connectivity index (χ1) is 25.9. The molecule has 0 saturated carbocycles. The molecular formula is C36H40ClN5O14. The third-order valence-corrected chi connectivity index (χ3v) is 7.95. The molecule has 0 radical (unpaired) electrons. The van der Waals surface area contributed by atoms with Crippen LogP contribution in [0.25, 0.3) is 11.2 Å². The maximum atomic E-state index is 13.5. The Kier molecular flexibility index (Phi) is 12.3. The zero-order valence-corrected chi connectivity index (χ0v) is 32.4. The Morgan fingerprint density at radius 1 is 0.946 bits per heavy atom. The summed E-state index contributed by atoms with van der Waals surface area (Å²) in [6.07, 6.45) is -1.26. The van der Waals surface area contributed by atoms with Gasteiger partial charge < -0.3 is 38.6 Å². The number of anilines is 1. The van der Waals surface area contributed by atoms with Gasteiger partial charge in [-0.05, 0) is 58.7 Å². The largest absolute Gasteiger partial charge is 0.479 e. The summed E-state index contributed by atoms with van der Waals surface area (Å²) in [4.78, 5) is 90.5. The van der Waals surface area contributed by atoms with Gasteiger partial charge in [0.05, 0.1) is 12.9 Å². The predicted molar refractivity (Wildman–Crippen MR) is 192 cm³/mol. The molecule has 3 aromatic rings. The van der Waals surface area contributed by atoms with Crippen LogP contribution in [0.1, 0.15) is 67.2 Å². The summed E-state index contributed by atoms with van der Waals surface area (Å²) >= 11 is 6.35. The number of rotatable bonds is 11. The number of hydrogen-bond acceptors (Lipinski definition) is 15. The number of terminal acetylenes is 1. The number of imidazole rings is 1. The number of esters is 2. The standard InChI is InChI=1S/C36H40ClN5O14/c1-10-35(54-20(3)44)22(17-51-36(28(45)46,29(47)48)16-21-14-12-11-13-15-21)53-27(24(35)52-19(2)43)41-18-38-23-25(41)39-30(37)40-26(23)42(31(49)55-33(4,5)6)32(50)56-34(7,8)9/h1,11-15,18,22,24,27H,16-17H2,2-9H3,(H,45,46)(H,47,48)/t22-,24+,27-,35-/m1/s1. The molecule has 300 valence electrons. The summed E-state index contributed by atoms with van der Waals surface area (Å²) in [6.45, 7) is 10.4. The summed E-state index contributed by atoms with van der Waals surface area (Å²) in [6, 6.07) is 7.76. The number of halogens is 1. The fourth-order valence-electron chi connectivity index (χ4n) is 5.60. The maximum Gasteiger partial charge on any atom is 0.425 e. The first-order valence-corrected chi connectivity index (χ1v) is 17.1. The van der Waals surface area contributed by atoms with Crippen molar-refractivity contribution in [1.82, 2.24) is 19.5 Å². The van der Waals surface area contributed by atoms with Crippen molar-refractivity contribution in [3.8, 4) is 12.3 Å². The Hall–Kier alpha value is -5.84. The second kappa shape index (κ2) is 16.1. The monoisotopic (exact) mass is 801 g/mol. The topological polar surface area (TPSA) is 245 Å². The second-order valence-electron chi connectivity index (χ2n) is 14.4. The van der Waals surface area contributed by atoms with Gasteiger partial charge in [-0.1, -0.05) is 36.3 Å². The van der Waals surface area contributed by atoms with E-state index < -0.39 is 101 Å². The van der Waals surface area contributed by atoms with E-state index in [1.54, 1.807) is 59.7 Å². The highest BCUT2D eigenvalue weighted by molar-refractivity contribution is 6.29. The SMILES string of the molecule is C#C[C@@]1(OC(C)=O)[C@@H](COC(Cc2ccccc2)(C(=O)O)C(=O)O)O[C@@H](n2cnc3c(N(C(=O)OC(C)(C)C)C(=O)OC(C)(C)C)nc(Cl)nc32)[C@@H]1OC(C)=O. The lowest BCUT2D eigenvalue weighted by Gasteiger charge is -2.34. The van der Waals surface area contributed by atoms with Gasteiger partial charge in [-0.25, -0.2) is 24.2 Å². The average molecular weight is 802 g/mol. The zero-order valence-electron chi connectivity index (χ0n) is 31.6. The van der Waals surface area contributed by atoms with Crippen LogP contribution in [0.15, 0.2) is 36.7 Å². The molecule has 2 amide bonds. The summed E-state index contributed by atoms with van der Waals surface area (Å²) < 4.78 is 35.1. The number of benzene rings is 1. The van der Waals surface area contributed by atoms with E-state index in [0.29, 0.717) is 4.90 Å². The molecule has 19 nitrogen and oxygen atoms in total. The Morgan fingerprint density at radius 3 is 2.00 bits per heavy atom. The Morgan fingerprint density at radius 2 is 1.52 bits per heavy atom. The molecule has 0 unspecified atom stereocenters. The highest BCUT2D eigenvalue weighted by atomic mass is 35.5. The molecule has 1 fully saturated rings. The van der Waals surface area contributed by atoms with Crippen LogP contribution in [0.2, 0.25) is 5.28 Å². The van der Waals surface area contributed by atoms with Crippen molar-refractivity contribution >= 4 is 64.6 Å². The number of aromatic nitrogens is 4. The van der Waals surface area contributed by atoms with E-state index in [2.05, 4.69) is 20.9 Å². The number of nitrogens with zero attached hydrogens (tertiary/aromatic N) is 5. The smallest absolute Gasteiger partial charge is 0.425 e. The lowest BCUT2D eigenvalue weighted by molar-refractivity contribution is -0.194. The minimum atomic E-state index is -2.92. The summed E-state index contributed by atoms with van der Waals surface area (Å²) in [7, 11) is 0. The molecule has 2 N–H and O–H groups in total. The number of hydrogen-bond donors (Lipinski definition) is 2. The minimum Gasteiger partial charge on any atom is -0.479 e. The number of imide groups is 1. The van der Waals surface area contributed by atoms with Crippen molar-refractivity contribution in [1.29, 1.82) is 0 Å². The Bertz CT molecular complexity index is 2030. The van der Waals surface area contributed by atoms with Gasteiger partial charge in [-0.3, -0.25) is 14.2 Å². The highest BCUT2D eigenvalue weighted by Crippen LogP contribution is 2.44. The number of carboxylic acids is 2. The van der Waals surface area contributed by atoms with E-state index in [1.807, 2.05) is 0 Å². The Balaban J connectivity index is 1.90. The van der Waals surface area contributed by atoms with Crippen molar-refractivity contribution < 1.29 is 67.4 Å². The summed E-state index contributed by atoms with van der Waals surface area (Å²) in [5, 5.41) is 19.9. The van der Waals surface area contributed by atoms with E-state index in [4.69, 9.17) is 46.4 Å². The summed E-state index contributed by atoms with van der Waals surface area (Å²) in [5.74, 6) is -3.94. The van der Waals surface area contributed by atoms with Crippen LogP contribution in [0.5, 0.6) is 0 Å². The predicted octanol–water partition coefficient (Wildman–Crippen LogP) is 4.09. The first-order valence-electron chi connectivity index (χ1n) is 16.8. The van der Waals surface area contributed by atoms with Crippen LogP contribution >= 0.6 is 11.6 Å². The van der Waals surface area contributed by atoms with Crippen molar-refractivity contribution in [2.45, 2.75) is 103 Å². The molecule has 0 aliphatic carbocycles. The quantitative estimate of drug-likeness (QED) is 0.0911. The third kappa shape index (κ3) is 9.16. The second-order valence-corrected chi connectivity index (χ2v) is 14.8. The lowest BCUT2D eigenvalue weighted by atomic mass is 9.91. The number of carbonyl (C=O) groups is 6. The summed E-state index contributed by atoms with van der Waals surface area (Å²) in [5.41, 5.74) is -7.78. The van der Waals surface area contributed by atoms with E-state index in [9.17, 15) is 39.0 Å². The molecular weight excluding hydrogens is 762 g/mol. The van der Waals surface area contributed by atoms with E-state index in [0.717, 1.165) is 24.7 Å². The van der Waals surface area contributed by atoms with Gasteiger partial charge in [0, 0.05) is 20.3 Å². The molecule has 0 spiro atoms. The molecule has 20 heteroatoms. The van der Waals surface area contributed by atoms with Crippen LogP contribution in [-0.2, 0) is 54.0 Å². The van der Waals surface area contributed by atoms with E-state index in [-0.39, 0.29) is 16.7 Å². The Labute approximate surface area is 325 Å². The van der Waals surface area contributed by atoms with E-state index >= 15 is 0 Å². The number of aliphatic carboxylic acids is 2. The van der Waals surface area contributed by atoms with Crippen LogP contribution in [0, 0.1) is 12.3 Å². The molecule has 1 aliphatic rings. The molecule has 4 rings (SSSR count). The first kappa shape index (κ1) is 42.9. The normalized spacial score (nSPS) is 19.8. The molecule has 1 aliphatic heterocycles. The zero-order chi connectivity index (χ0) is 42.0. The van der Waals surface area contributed by atoms with Crippen LogP contribution < -0.4 is 4.90 Å². The van der Waals surface area contributed by atoms with Gasteiger partial charge in [-0.15, -0.1) is 6.42 Å². The third-order valence-electron chi connectivity index (χ3n) is 7.78. The molecule has 2 aromatic heterocycles. The molecule has 4 atom stereocenters. The van der Waals surface area contributed by atoms with Gasteiger partial charge in [0.25, 0.3) is 5.60 Å². The van der Waals surface area contributed by atoms with Gasteiger partial charge in [0.1, 0.15) is 17.3 Å². The van der Waals surface area contributed by atoms with Gasteiger partial charge in [-0.2, -0.15) is 14.9 Å². The minimum absolute atomic E-state index is 0.260. The fraction of sp³-hybridized carbons (Fsp3) is 0.472. The van der Waals surface area contributed by atoms with Gasteiger partial charge in [0.15, 0.2) is 23.2 Å². The number of fused-ring (bicyclic) bond motifs is 1. The van der Waals surface area contributed by atoms with Gasteiger partial charge in [0.2, 0.25) is 17.0 Å². The average Bonchev–Trinajstić information content (AvgIpc) is 3.59. The van der Waals surface area contributed by atoms with Crippen molar-refractivity contribution in [3.63, 3.8) is 0 Å². The van der Waals surface area contributed by atoms with E-state index in [1.165, 1.54) is 12.1 Å². The van der Waals surface area contributed by atoms with Crippen LogP contribution in [0.4, 0.5) is 15.4 Å². The molecule has 1 saturated heterocycles. The van der Waals surface area contributed by atoms with Crippen LogP contribution in [0.3, 0.4) is 0 Å². The number of carbonyl (C=O) groups excluding carboxylic acids is 4. The van der Waals surface area contributed by atoms with Crippen molar-refractivity contribution in [2.24, 2.45) is 0 Å². The number of carboxylic acid groups (broad SMARTS) is 2. The van der Waals surface area contributed by atoms with Gasteiger partial charge >= 0.3 is 36.1 Å². The highest BCUT2D eigenvalue weighted by Gasteiger charge is 2.63. The maximum absolute atomic E-state index is 13.5. The number of ether oxygens (including phenoxy) is 6. The van der Waals surface area contributed by atoms with Crippen LogP contribution in [-0.4, -0.2) is 107 Å². The van der Waals surface area contributed by atoms with Crippen molar-refractivity contribution in [3.05, 3.63) is 47.5 Å². The fourth-order valence-corrected chi connectivity index (χ4v) is 5.76. The number of amides is 2. The lowest BCUT2D eigenvalue weighted by Crippen LogP contribution is -2.56.